The van der Waals surface area contributed by atoms with E-state index in [-0.39, 0.29) is 11.3 Å². The maximum absolute atomic E-state index is 14.2. The normalized spacial score (nSPS) is 12.2. The second kappa shape index (κ2) is 7.18. The number of halogens is 2. The first kappa shape index (κ1) is 15.4. The summed E-state index contributed by atoms with van der Waals surface area (Å²) >= 11 is 0. The van der Waals surface area contributed by atoms with Crippen LogP contribution >= 0.6 is 0 Å². The van der Waals surface area contributed by atoms with Crippen LogP contribution in [0.5, 0.6) is 5.75 Å². The molecule has 2 aromatic carbocycles. The monoisotopic (exact) mass is 291 g/mol. The lowest BCUT2D eigenvalue weighted by atomic mass is 9.97. The van der Waals surface area contributed by atoms with Gasteiger partial charge in [0.2, 0.25) is 0 Å². The number of benzene rings is 2. The first-order valence-electron chi connectivity index (χ1n) is 6.96. The average Bonchev–Trinajstić information content (AvgIpc) is 2.47. The van der Waals surface area contributed by atoms with Gasteiger partial charge in [0.1, 0.15) is 17.4 Å². The molecule has 0 aliphatic carbocycles. The molecule has 0 aliphatic rings. The fraction of sp³-hybridized carbons (Fsp3) is 0.294. The highest BCUT2D eigenvalue weighted by Crippen LogP contribution is 2.28. The van der Waals surface area contributed by atoms with Crippen molar-refractivity contribution in [3.63, 3.8) is 0 Å². The molecule has 21 heavy (non-hydrogen) atoms. The molecule has 0 amide bonds. The van der Waals surface area contributed by atoms with E-state index in [2.05, 4.69) is 5.32 Å². The third kappa shape index (κ3) is 3.79. The molecule has 4 heteroatoms. The van der Waals surface area contributed by atoms with E-state index < -0.39 is 17.7 Å². The zero-order valence-electron chi connectivity index (χ0n) is 12.2. The smallest absolute Gasteiger partial charge is 0.134 e. The Hall–Kier alpha value is -1.94. The lowest BCUT2D eigenvalue weighted by Crippen LogP contribution is -2.25. The Bertz CT molecular complexity index is 564. The molecule has 2 nitrogen and oxygen atoms in total. The van der Waals surface area contributed by atoms with Gasteiger partial charge in [-0.3, -0.25) is 0 Å². The predicted octanol–water partition coefficient (Wildman–Crippen LogP) is 3.87. The topological polar surface area (TPSA) is 21.3 Å². The number of likely N-dealkylation sites (N-methyl/N-ethyl adjacent to an activating group) is 1. The summed E-state index contributed by atoms with van der Waals surface area (Å²) in [5.74, 6) is -0.994. The molecule has 112 valence electrons. The van der Waals surface area contributed by atoms with E-state index in [4.69, 9.17) is 4.74 Å². The second-order valence-corrected chi connectivity index (χ2v) is 4.80. The molecule has 2 rings (SSSR count). The molecule has 2 aromatic rings. The lowest BCUT2D eigenvalue weighted by molar-refractivity contribution is 0.400. The summed E-state index contributed by atoms with van der Waals surface area (Å²) in [6.45, 7) is 2.54. The Morgan fingerprint density at radius 3 is 2.24 bits per heavy atom. The molecule has 0 saturated heterocycles. The molecule has 1 N–H and O–H groups in total. The van der Waals surface area contributed by atoms with Crippen LogP contribution in [0.3, 0.4) is 0 Å². The quantitative estimate of drug-likeness (QED) is 0.872. The van der Waals surface area contributed by atoms with Crippen molar-refractivity contribution >= 4 is 0 Å². The summed E-state index contributed by atoms with van der Waals surface area (Å²) in [6.07, 6.45) is 0.523. The molecule has 0 radical (unpaired) electrons. The summed E-state index contributed by atoms with van der Waals surface area (Å²) in [7, 11) is 1.39. The van der Waals surface area contributed by atoms with Gasteiger partial charge < -0.3 is 10.1 Å². The van der Waals surface area contributed by atoms with Gasteiger partial charge in [-0.2, -0.15) is 0 Å². The van der Waals surface area contributed by atoms with Crippen molar-refractivity contribution in [3.8, 4) is 5.75 Å². The van der Waals surface area contributed by atoms with Gasteiger partial charge in [0.15, 0.2) is 0 Å². The van der Waals surface area contributed by atoms with E-state index in [0.29, 0.717) is 13.0 Å². The van der Waals surface area contributed by atoms with Crippen molar-refractivity contribution in [2.24, 2.45) is 0 Å². The Morgan fingerprint density at radius 1 is 1.10 bits per heavy atom. The number of methoxy groups -OCH3 is 1. The fourth-order valence-corrected chi connectivity index (χ4v) is 2.38. The van der Waals surface area contributed by atoms with Crippen molar-refractivity contribution in [3.05, 3.63) is 65.2 Å². The van der Waals surface area contributed by atoms with E-state index in [0.717, 1.165) is 5.56 Å². The molecule has 1 unspecified atom stereocenters. The van der Waals surface area contributed by atoms with Gasteiger partial charge >= 0.3 is 0 Å². The van der Waals surface area contributed by atoms with E-state index in [1.165, 1.54) is 19.2 Å². The molecular weight excluding hydrogens is 272 g/mol. The van der Waals surface area contributed by atoms with Crippen LogP contribution in [-0.4, -0.2) is 13.7 Å². The molecule has 0 spiro atoms. The van der Waals surface area contributed by atoms with Crippen LogP contribution in [0.4, 0.5) is 8.78 Å². The Morgan fingerprint density at radius 2 is 1.71 bits per heavy atom. The van der Waals surface area contributed by atoms with Crippen LogP contribution in [0.25, 0.3) is 0 Å². The molecule has 0 saturated carbocycles. The molecule has 0 heterocycles. The standard InChI is InChI=1S/C17H19F2NO/c1-3-20-16(9-12-7-5-4-6-8-12)17-14(18)10-13(21-2)11-15(17)19/h4-8,10-11,16,20H,3,9H2,1-2H3. The van der Waals surface area contributed by atoms with Gasteiger partial charge in [-0.15, -0.1) is 0 Å². The van der Waals surface area contributed by atoms with Gasteiger partial charge in [-0.05, 0) is 18.5 Å². The largest absolute Gasteiger partial charge is 0.497 e. The van der Waals surface area contributed by atoms with Crippen LogP contribution in [0, 0.1) is 11.6 Å². The number of rotatable bonds is 6. The van der Waals surface area contributed by atoms with Gasteiger partial charge in [-0.25, -0.2) is 8.78 Å². The van der Waals surface area contributed by atoms with Gasteiger partial charge in [0.05, 0.1) is 7.11 Å². The number of hydrogen-bond donors (Lipinski definition) is 1. The Balaban J connectivity index is 2.34. The Labute approximate surface area is 123 Å². The maximum Gasteiger partial charge on any atom is 0.134 e. The van der Waals surface area contributed by atoms with Gasteiger partial charge in [0.25, 0.3) is 0 Å². The van der Waals surface area contributed by atoms with E-state index in [1.54, 1.807) is 0 Å². The molecule has 1 atom stereocenters. The summed E-state index contributed by atoms with van der Waals surface area (Å²) < 4.78 is 33.3. The van der Waals surface area contributed by atoms with Crippen LogP contribution in [0.2, 0.25) is 0 Å². The number of hydrogen-bond acceptors (Lipinski definition) is 2. The van der Waals surface area contributed by atoms with Crippen LogP contribution in [-0.2, 0) is 6.42 Å². The summed E-state index contributed by atoms with van der Waals surface area (Å²) in [4.78, 5) is 0. The third-order valence-electron chi connectivity index (χ3n) is 3.37. The van der Waals surface area contributed by atoms with Crippen molar-refractivity contribution in [1.82, 2.24) is 5.32 Å². The third-order valence-corrected chi connectivity index (χ3v) is 3.37. The second-order valence-electron chi connectivity index (χ2n) is 4.80. The van der Waals surface area contributed by atoms with Crippen molar-refractivity contribution in [2.45, 2.75) is 19.4 Å². The predicted molar refractivity (Wildman–Crippen MR) is 79.5 cm³/mol. The van der Waals surface area contributed by atoms with Gasteiger partial charge in [0, 0.05) is 23.7 Å². The van der Waals surface area contributed by atoms with E-state index in [9.17, 15) is 8.78 Å². The van der Waals surface area contributed by atoms with Crippen LogP contribution < -0.4 is 10.1 Å². The SMILES string of the molecule is CCNC(Cc1ccccc1)c1c(F)cc(OC)cc1F. The van der Waals surface area contributed by atoms with Crippen molar-refractivity contribution < 1.29 is 13.5 Å². The maximum atomic E-state index is 14.2. The fourth-order valence-electron chi connectivity index (χ4n) is 2.38. The minimum absolute atomic E-state index is 0.0569. The highest BCUT2D eigenvalue weighted by Gasteiger charge is 2.21. The molecule has 0 aromatic heterocycles. The minimum atomic E-state index is -0.589. The summed E-state index contributed by atoms with van der Waals surface area (Å²) in [5.41, 5.74) is 1.08. The van der Waals surface area contributed by atoms with Crippen molar-refractivity contribution in [2.75, 3.05) is 13.7 Å². The first-order chi connectivity index (χ1) is 10.2. The minimum Gasteiger partial charge on any atom is -0.497 e. The number of nitrogens with one attached hydrogen (secondary N) is 1. The van der Waals surface area contributed by atoms with E-state index >= 15 is 0 Å². The average molecular weight is 291 g/mol. The zero-order valence-corrected chi connectivity index (χ0v) is 12.2. The zero-order chi connectivity index (χ0) is 15.2. The molecule has 0 fully saturated rings. The first-order valence-corrected chi connectivity index (χ1v) is 6.96. The molecule has 0 bridgehead atoms. The summed E-state index contributed by atoms with van der Waals surface area (Å²) in [6, 6.07) is 11.7. The summed E-state index contributed by atoms with van der Waals surface area (Å²) in [5, 5.41) is 3.15. The number of ether oxygens (including phenoxy) is 1. The Kier molecular flexibility index (Phi) is 5.28. The molecular formula is C17H19F2NO. The highest BCUT2D eigenvalue weighted by molar-refractivity contribution is 5.33. The van der Waals surface area contributed by atoms with Crippen LogP contribution in [0.15, 0.2) is 42.5 Å². The van der Waals surface area contributed by atoms with Gasteiger partial charge in [-0.1, -0.05) is 37.3 Å². The lowest BCUT2D eigenvalue weighted by Gasteiger charge is -2.20. The molecule has 0 aliphatic heterocycles. The van der Waals surface area contributed by atoms with Crippen LogP contribution in [0.1, 0.15) is 24.1 Å². The van der Waals surface area contributed by atoms with Crippen molar-refractivity contribution in [1.29, 1.82) is 0 Å². The van der Waals surface area contributed by atoms with E-state index in [1.807, 2.05) is 37.3 Å². The highest BCUT2D eigenvalue weighted by atomic mass is 19.1.